The number of urea groups is 1. The maximum absolute atomic E-state index is 11.0. The zero-order valence-electron chi connectivity index (χ0n) is 11.9. The molecule has 2 aliphatic heterocycles. The van der Waals surface area contributed by atoms with E-state index in [1.54, 1.807) is 4.90 Å². The third-order valence-corrected chi connectivity index (χ3v) is 4.34. The molecule has 5 heteroatoms. The summed E-state index contributed by atoms with van der Waals surface area (Å²) in [5.74, 6) is 0. The minimum absolute atomic E-state index is 0.274. The molecule has 2 fully saturated rings. The molecule has 0 saturated carbocycles. The SMILES string of the molecule is NC(=O)N1CCC(NCCCN2CCCCC2)CC1. The van der Waals surface area contributed by atoms with Crippen molar-refractivity contribution in [2.24, 2.45) is 5.73 Å². The van der Waals surface area contributed by atoms with Gasteiger partial charge in [0.15, 0.2) is 0 Å². The van der Waals surface area contributed by atoms with Crippen molar-refractivity contribution in [3.8, 4) is 0 Å². The van der Waals surface area contributed by atoms with E-state index >= 15 is 0 Å². The third-order valence-electron chi connectivity index (χ3n) is 4.34. The molecule has 2 saturated heterocycles. The van der Waals surface area contributed by atoms with Crippen molar-refractivity contribution in [1.29, 1.82) is 0 Å². The highest BCUT2D eigenvalue weighted by molar-refractivity contribution is 5.72. The van der Waals surface area contributed by atoms with Crippen molar-refractivity contribution in [3.05, 3.63) is 0 Å². The smallest absolute Gasteiger partial charge is 0.314 e. The van der Waals surface area contributed by atoms with Gasteiger partial charge in [-0.1, -0.05) is 6.42 Å². The summed E-state index contributed by atoms with van der Waals surface area (Å²) in [6.45, 7) is 6.51. The van der Waals surface area contributed by atoms with E-state index in [4.69, 9.17) is 5.73 Å². The van der Waals surface area contributed by atoms with Crippen LogP contribution in [0, 0.1) is 0 Å². The molecule has 5 nitrogen and oxygen atoms in total. The minimum atomic E-state index is -0.274. The molecule has 2 aliphatic rings. The van der Waals surface area contributed by atoms with Crippen LogP contribution in [0.3, 0.4) is 0 Å². The van der Waals surface area contributed by atoms with Crippen molar-refractivity contribution in [1.82, 2.24) is 15.1 Å². The number of hydrogen-bond donors (Lipinski definition) is 2. The number of likely N-dealkylation sites (tertiary alicyclic amines) is 2. The lowest BCUT2D eigenvalue weighted by atomic mass is 10.1. The first kappa shape index (κ1) is 14.6. The van der Waals surface area contributed by atoms with E-state index < -0.39 is 0 Å². The predicted molar refractivity (Wildman–Crippen MR) is 77.1 cm³/mol. The molecule has 110 valence electrons. The molecule has 0 radical (unpaired) electrons. The molecule has 0 bridgehead atoms. The van der Waals surface area contributed by atoms with Gasteiger partial charge in [0.1, 0.15) is 0 Å². The fourth-order valence-corrected chi connectivity index (χ4v) is 3.10. The molecule has 0 atom stereocenters. The molecule has 2 amide bonds. The van der Waals surface area contributed by atoms with Gasteiger partial charge in [-0.25, -0.2) is 4.79 Å². The normalized spacial score (nSPS) is 22.6. The van der Waals surface area contributed by atoms with Gasteiger partial charge < -0.3 is 20.9 Å². The summed E-state index contributed by atoms with van der Waals surface area (Å²) in [5, 5.41) is 3.62. The van der Waals surface area contributed by atoms with E-state index in [-0.39, 0.29) is 6.03 Å². The van der Waals surface area contributed by atoms with Crippen molar-refractivity contribution < 1.29 is 4.79 Å². The topological polar surface area (TPSA) is 61.6 Å². The van der Waals surface area contributed by atoms with Crippen molar-refractivity contribution in [2.75, 3.05) is 39.3 Å². The Balaban J connectivity index is 1.51. The molecule has 2 heterocycles. The zero-order valence-corrected chi connectivity index (χ0v) is 11.9. The Hall–Kier alpha value is -0.810. The molecule has 19 heavy (non-hydrogen) atoms. The van der Waals surface area contributed by atoms with Gasteiger partial charge in [0.25, 0.3) is 0 Å². The Labute approximate surface area is 116 Å². The van der Waals surface area contributed by atoms with Crippen LogP contribution in [0.15, 0.2) is 0 Å². The van der Waals surface area contributed by atoms with E-state index in [0.717, 1.165) is 32.5 Å². The van der Waals surface area contributed by atoms with E-state index in [9.17, 15) is 4.79 Å². The number of nitrogens with two attached hydrogens (primary N) is 1. The number of piperidine rings is 2. The lowest BCUT2D eigenvalue weighted by molar-refractivity contribution is 0.184. The molecule has 0 aromatic heterocycles. The quantitative estimate of drug-likeness (QED) is 0.731. The summed E-state index contributed by atoms with van der Waals surface area (Å²) in [6, 6.07) is 0.292. The number of primary amides is 1. The van der Waals surface area contributed by atoms with Gasteiger partial charge in [-0.2, -0.15) is 0 Å². The minimum Gasteiger partial charge on any atom is -0.351 e. The van der Waals surface area contributed by atoms with Crippen molar-refractivity contribution in [3.63, 3.8) is 0 Å². The number of carbonyl (C=O) groups excluding carboxylic acids is 1. The van der Waals surface area contributed by atoms with Crippen molar-refractivity contribution >= 4 is 6.03 Å². The van der Waals surface area contributed by atoms with Crippen LogP contribution in [0.4, 0.5) is 4.79 Å². The first-order valence-electron chi connectivity index (χ1n) is 7.76. The highest BCUT2D eigenvalue weighted by Crippen LogP contribution is 2.11. The monoisotopic (exact) mass is 268 g/mol. The van der Waals surface area contributed by atoms with Gasteiger partial charge in [0.05, 0.1) is 0 Å². The van der Waals surface area contributed by atoms with Gasteiger partial charge in [-0.05, 0) is 58.3 Å². The fourth-order valence-electron chi connectivity index (χ4n) is 3.10. The van der Waals surface area contributed by atoms with Crippen LogP contribution < -0.4 is 11.1 Å². The van der Waals surface area contributed by atoms with Gasteiger partial charge in [0, 0.05) is 19.1 Å². The van der Waals surface area contributed by atoms with Crippen LogP contribution in [0.1, 0.15) is 38.5 Å². The van der Waals surface area contributed by atoms with Crippen LogP contribution in [0.2, 0.25) is 0 Å². The average Bonchev–Trinajstić information content (AvgIpc) is 2.45. The van der Waals surface area contributed by atoms with Crippen LogP contribution in [-0.4, -0.2) is 61.1 Å². The second kappa shape index (κ2) is 7.70. The molecule has 0 aliphatic carbocycles. The first-order valence-corrected chi connectivity index (χ1v) is 7.76. The van der Waals surface area contributed by atoms with Crippen molar-refractivity contribution in [2.45, 2.75) is 44.6 Å². The maximum atomic E-state index is 11.0. The predicted octanol–water partition coefficient (Wildman–Crippen LogP) is 0.995. The first-order chi connectivity index (χ1) is 9.25. The summed E-state index contributed by atoms with van der Waals surface area (Å²) < 4.78 is 0. The number of carbonyl (C=O) groups is 1. The Bertz CT molecular complexity index is 271. The van der Waals surface area contributed by atoms with Crippen LogP contribution in [0.5, 0.6) is 0 Å². The average molecular weight is 268 g/mol. The number of rotatable bonds is 5. The van der Waals surface area contributed by atoms with Gasteiger partial charge in [-0.3, -0.25) is 0 Å². The van der Waals surface area contributed by atoms with Gasteiger partial charge in [0.2, 0.25) is 0 Å². The molecule has 0 unspecified atom stereocenters. The summed E-state index contributed by atoms with van der Waals surface area (Å²) in [5.41, 5.74) is 5.28. The summed E-state index contributed by atoms with van der Waals surface area (Å²) in [7, 11) is 0. The van der Waals surface area contributed by atoms with Crippen LogP contribution >= 0.6 is 0 Å². The molecule has 0 aromatic rings. The Kier molecular flexibility index (Phi) is 5.92. The second-order valence-electron chi connectivity index (χ2n) is 5.81. The largest absolute Gasteiger partial charge is 0.351 e. The summed E-state index contributed by atoms with van der Waals surface area (Å²) >= 11 is 0. The number of nitrogens with one attached hydrogen (secondary N) is 1. The third kappa shape index (κ3) is 4.99. The highest BCUT2D eigenvalue weighted by Gasteiger charge is 2.20. The number of nitrogens with zero attached hydrogens (tertiary/aromatic N) is 2. The number of hydrogen-bond acceptors (Lipinski definition) is 3. The van der Waals surface area contributed by atoms with Crippen LogP contribution in [0.25, 0.3) is 0 Å². The molecular weight excluding hydrogens is 240 g/mol. The standard InChI is InChI=1S/C14H28N4O/c15-14(19)18-11-5-13(6-12-18)16-7-4-10-17-8-2-1-3-9-17/h13,16H,1-12H2,(H2,15,19). The lowest BCUT2D eigenvalue weighted by Gasteiger charge is -2.31. The van der Waals surface area contributed by atoms with E-state index in [1.165, 1.54) is 45.3 Å². The Morgan fingerprint density at radius 3 is 2.42 bits per heavy atom. The van der Waals surface area contributed by atoms with E-state index in [0.29, 0.717) is 6.04 Å². The molecule has 0 aromatic carbocycles. The molecule has 3 N–H and O–H groups in total. The maximum Gasteiger partial charge on any atom is 0.314 e. The summed E-state index contributed by atoms with van der Waals surface area (Å²) in [4.78, 5) is 15.3. The number of amides is 2. The highest BCUT2D eigenvalue weighted by atomic mass is 16.2. The van der Waals surface area contributed by atoms with Gasteiger partial charge >= 0.3 is 6.03 Å². The van der Waals surface area contributed by atoms with Gasteiger partial charge in [-0.15, -0.1) is 0 Å². The Morgan fingerprint density at radius 1 is 1.11 bits per heavy atom. The van der Waals surface area contributed by atoms with Crippen LogP contribution in [-0.2, 0) is 0 Å². The zero-order chi connectivity index (χ0) is 13.5. The molecular formula is C14H28N4O. The van der Waals surface area contributed by atoms with E-state index in [1.807, 2.05) is 0 Å². The lowest BCUT2D eigenvalue weighted by Crippen LogP contribution is -2.47. The Morgan fingerprint density at radius 2 is 1.79 bits per heavy atom. The fraction of sp³-hybridized carbons (Fsp3) is 0.929. The second-order valence-corrected chi connectivity index (χ2v) is 5.81. The summed E-state index contributed by atoms with van der Waals surface area (Å²) in [6.07, 6.45) is 7.46. The molecule has 0 spiro atoms. The van der Waals surface area contributed by atoms with E-state index in [2.05, 4.69) is 10.2 Å². The molecule has 2 rings (SSSR count).